The molecule has 21 heavy (non-hydrogen) atoms. The SMILES string of the molecule is Cc1ccc(NC(=O)c2cc[nH]c(=O)c2)c(C#CCO)c1. The summed E-state index contributed by atoms with van der Waals surface area (Å²) in [6.45, 7) is 1.65. The average Bonchev–Trinajstić information content (AvgIpc) is 2.47. The molecule has 0 radical (unpaired) electrons. The molecule has 0 aliphatic rings. The molecule has 0 saturated heterocycles. The molecular weight excluding hydrogens is 268 g/mol. The number of anilines is 1. The zero-order valence-corrected chi connectivity index (χ0v) is 11.4. The van der Waals surface area contributed by atoms with E-state index in [4.69, 9.17) is 5.11 Å². The average molecular weight is 282 g/mol. The second-order valence-electron chi connectivity index (χ2n) is 4.40. The first-order valence-corrected chi connectivity index (χ1v) is 6.30. The molecule has 5 heteroatoms. The fourth-order valence-corrected chi connectivity index (χ4v) is 1.79. The van der Waals surface area contributed by atoms with Crippen molar-refractivity contribution in [1.29, 1.82) is 0 Å². The molecule has 0 fully saturated rings. The number of aromatic amines is 1. The Labute approximate surface area is 121 Å². The number of carbonyl (C=O) groups is 1. The summed E-state index contributed by atoms with van der Waals surface area (Å²) in [6.07, 6.45) is 1.42. The molecule has 1 amide bonds. The highest BCUT2D eigenvalue weighted by Crippen LogP contribution is 2.17. The van der Waals surface area contributed by atoms with Crippen molar-refractivity contribution in [2.45, 2.75) is 6.92 Å². The quantitative estimate of drug-likeness (QED) is 0.726. The highest BCUT2D eigenvalue weighted by molar-refractivity contribution is 6.04. The van der Waals surface area contributed by atoms with Crippen molar-refractivity contribution in [3.63, 3.8) is 0 Å². The number of aromatic nitrogens is 1. The van der Waals surface area contributed by atoms with Crippen molar-refractivity contribution in [3.05, 3.63) is 63.6 Å². The molecule has 5 nitrogen and oxygen atoms in total. The van der Waals surface area contributed by atoms with E-state index < -0.39 is 5.91 Å². The summed E-state index contributed by atoms with van der Waals surface area (Å²) >= 11 is 0. The zero-order valence-electron chi connectivity index (χ0n) is 11.4. The Morgan fingerprint density at radius 2 is 2.14 bits per heavy atom. The summed E-state index contributed by atoms with van der Waals surface area (Å²) in [5.41, 5.74) is 2.06. The van der Waals surface area contributed by atoms with Gasteiger partial charge in [-0.25, -0.2) is 0 Å². The fraction of sp³-hybridized carbons (Fsp3) is 0.125. The van der Waals surface area contributed by atoms with Crippen molar-refractivity contribution < 1.29 is 9.90 Å². The summed E-state index contributed by atoms with van der Waals surface area (Å²) in [4.78, 5) is 25.8. The second-order valence-corrected chi connectivity index (χ2v) is 4.40. The summed E-state index contributed by atoms with van der Waals surface area (Å²) in [7, 11) is 0. The van der Waals surface area contributed by atoms with Gasteiger partial charge < -0.3 is 15.4 Å². The topological polar surface area (TPSA) is 82.2 Å². The molecule has 1 aromatic heterocycles. The number of aliphatic hydroxyl groups excluding tert-OH is 1. The van der Waals surface area contributed by atoms with Crippen molar-refractivity contribution >= 4 is 11.6 Å². The third-order valence-electron chi connectivity index (χ3n) is 2.76. The van der Waals surface area contributed by atoms with Gasteiger partial charge in [0.25, 0.3) is 5.91 Å². The van der Waals surface area contributed by atoms with Gasteiger partial charge in [-0.05, 0) is 30.7 Å². The molecular formula is C16H14N2O3. The largest absolute Gasteiger partial charge is 0.384 e. The summed E-state index contributed by atoms with van der Waals surface area (Å²) in [6, 6.07) is 8.14. The van der Waals surface area contributed by atoms with E-state index in [1.807, 2.05) is 19.1 Å². The fourth-order valence-electron chi connectivity index (χ4n) is 1.79. The first kappa shape index (κ1) is 14.6. The predicted molar refractivity (Wildman–Crippen MR) is 80.2 cm³/mol. The molecule has 1 aromatic carbocycles. The van der Waals surface area contributed by atoms with Gasteiger partial charge in [0.2, 0.25) is 5.56 Å². The number of rotatable bonds is 2. The van der Waals surface area contributed by atoms with E-state index in [0.717, 1.165) is 5.56 Å². The first-order valence-electron chi connectivity index (χ1n) is 6.30. The molecule has 0 bridgehead atoms. The number of H-pyrrole nitrogens is 1. The number of hydrogen-bond donors (Lipinski definition) is 3. The number of aryl methyl sites for hydroxylation is 1. The first-order chi connectivity index (χ1) is 10.1. The molecule has 0 atom stereocenters. The molecule has 0 aliphatic heterocycles. The van der Waals surface area contributed by atoms with Crippen molar-refractivity contribution in [2.75, 3.05) is 11.9 Å². The van der Waals surface area contributed by atoms with Gasteiger partial charge in [-0.3, -0.25) is 9.59 Å². The van der Waals surface area contributed by atoms with Crippen LogP contribution in [0.15, 0.2) is 41.3 Å². The minimum absolute atomic E-state index is 0.255. The van der Waals surface area contributed by atoms with Crippen LogP contribution in [0.5, 0.6) is 0 Å². The van der Waals surface area contributed by atoms with Crippen LogP contribution >= 0.6 is 0 Å². The Bertz CT molecular complexity index is 782. The van der Waals surface area contributed by atoms with E-state index in [-0.39, 0.29) is 17.7 Å². The van der Waals surface area contributed by atoms with Crippen LogP contribution in [0.4, 0.5) is 5.69 Å². The Morgan fingerprint density at radius 1 is 1.33 bits per heavy atom. The highest BCUT2D eigenvalue weighted by atomic mass is 16.2. The van der Waals surface area contributed by atoms with E-state index in [1.165, 1.54) is 18.3 Å². The summed E-state index contributed by atoms with van der Waals surface area (Å²) in [5.74, 6) is 4.95. The van der Waals surface area contributed by atoms with Gasteiger partial charge in [0.15, 0.2) is 0 Å². The van der Waals surface area contributed by atoms with Gasteiger partial charge in [-0.15, -0.1) is 0 Å². The van der Waals surface area contributed by atoms with Gasteiger partial charge in [-0.1, -0.05) is 17.9 Å². The van der Waals surface area contributed by atoms with Crippen LogP contribution in [0.2, 0.25) is 0 Å². The standard InChI is InChI=1S/C16H14N2O3/c1-11-4-5-14(12(9-11)3-2-8-19)18-16(21)13-6-7-17-15(20)10-13/h4-7,9-10,19H,8H2,1H3,(H,17,20)(H,18,21). The van der Waals surface area contributed by atoms with Gasteiger partial charge in [0, 0.05) is 23.4 Å². The van der Waals surface area contributed by atoms with Crippen LogP contribution in [0, 0.1) is 18.8 Å². The molecule has 106 valence electrons. The van der Waals surface area contributed by atoms with Gasteiger partial charge in [0.05, 0.1) is 5.69 Å². The van der Waals surface area contributed by atoms with E-state index in [1.54, 1.807) is 6.07 Å². The van der Waals surface area contributed by atoms with E-state index in [9.17, 15) is 9.59 Å². The molecule has 1 heterocycles. The molecule has 2 rings (SSSR count). The maximum absolute atomic E-state index is 12.1. The maximum Gasteiger partial charge on any atom is 0.255 e. The third kappa shape index (κ3) is 3.81. The monoisotopic (exact) mass is 282 g/mol. The van der Waals surface area contributed by atoms with Gasteiger partial charge in [-0.2, -0.15) is 0 Å². The van der Waals surface area contributed by atoms with E-state index in [0.29, 0.717) is 11.3 Å². The maximum atomic E-state index is 12.1. The Hall–Kier alpha value is -2.84. The van der Waals surface area contributed by atoms with E-state index >= 15 is 0 Å². The lowest BCUT2D eigenvalue weighted by atomic mass is 10.1. The Kier molecular flexibility index (Phi) is 4.54. The molecule has 0 spiro atoms. The number of pyridine rings is 1. The second kappa shape index (κ2) is 6.55. The molecule has 3 N–H and O–H groups in total. The molecule has 2 aromatic rings. The third-order valence-corrected chi connectivity index (χ3v) is 2.76. The lowest BCUT2D eigenvalue weighted by molar-refractivity contribution is 0.102. The number of nitrogens with one attached hydrogen (secondary N) is 2. The molecule has 0 saturated carbocycles. The van der Waals surface area contributed by atoms with Crippen LogP contribution in [0.25, 0.3) is 0 Å². The normalized spacial score (nSPS) is 9.62. The summed E-state index contributed by atoms with van der Waals surface area (Å²) < 4.78 is 0. The van der Waals surface area contributed by atoms with E-state index in [2.05, 4.69) is 22.1 Å². The van der Waals surface area contributed by atoms with Crippen LogP contribution in [-0.4, -0.2) is 22.6 Å². The molecule has 0 unspecified atom stereocenters. The minimum atomic E-state index is -0.392. The predicted octanol–water partition coefficient (Wildman–Crippen LogP) is 1.28. The van der Waals surface area contributed by atoms with Gasteiger partial charge >= 0.3 is 0 Å². The smallest absolute Gasteiger partial charge is 0.255 e. The van der Waals surface area contributed by atoms with Gasteiger partial charge in [0.1, 0.15) is 6.61 Å². The van der Waals surface area contributed by atoms with Crippen LogP contribution in [-0.2, 0) is 0 Å². The number of hydrogen-bond acceptors (Lipinski definition) is 3. The van der Waals surface area contributed by atoms with Crippen molar-refractivity contribution in [3.8, 4) is 11.8 Å². The van der Waals surface area contributed by atoms with Crippen LogP contribution in [0.3, 0.4) is 0 Å². The number of aliphatic hydroxyl groups is 1. The summed E-state index contributed by atoms with van der Waals surface area (Å²) in [5, 5.41) is 11.5. The van der Waals surface area contributed by atoms with Crippen molar-refractivity contribution in [1.82, 2.24) is 4.98 Å². The molecule has 0 aliphatic carbocycles. The Balaban J connectivity index is 2.31. The zero-order chi connectivity index (χ0) is 15.2. The van der Waals surface area contributed by atoms with Crippen molar-refractivity contribution in [2.24, 2.45) is 0 Å². The highest BCUT2D eigenvalue weighted by Gasteiger charge is 2.09. The van der Waals surface area contributed by atoms with Crippen LogP contribution < -0.4 is 10.9 Å². The number of amides is 1. The Morgan fingerprint density at radius 3 is 2.86 bits per heavy atom. The van der Waals surface area contributed by atoms with Crippen LogP contribution in [0.1, 0.15) is 21.5 Å². The lowest BCUT2D eigenvalue weighted by Gasteiger charge is -2.08. The number of benzene rings is 1. The lowest BCUT2D eigenvalue weighted by Crippen LogP contribution is -2.16. The number of carbonyl (C=O) groups excluding carboxylic acids is 1. The minimum Gasteiger partial charge on any atom is -0.384 e.